The van der Waals surface area contributed by atoms with Crippen molar-refractivity contribution in [1.29, 1.82) is 0 Å². The predicted octanol–water partition coefficient (Wildman–Crippen LogP) is 0.402. The van der Waals surface area contributed by atoms with Gasteiger partial charge in [0.2, 0.25) is 5.91 Å². The lowest BCUT2D eigenvalue weighted by molar-refractivity contribution is -0.127. The van der Waals surface area contributed by atoms with E-state index in [1.165, 1.54) is 26.2 Å². The Bertz CT molecular complexity index is 279. The number of likely N-dealkylation sites (tertiary alicyclic amines) is 1. The second kappa shape index (κ2) is 6.78. The van der Waals surface area contributed by atoms with Crippen molar-refractivity contribution >= 4 is 18.5 Å². The van der Waals surface area contributed by atoms with Crippen LogP contribution >= 0.6 is 12.6 Å². The van der Waals surface area contributed by atoms with Gasteiger partial charge < -0.3 is 14.7 Å². The standard InChI is InChI=1S/C13H25N3OS/c1-14-5-7-15(8-6-14)3-2-4-16-10-12(11-18)9-13(16)17/h12,18H,2-11H2,1H3. The van der Waals surface area contributed by atoms with Crippen molar-refractivity contribution in [3.63, 3.8) is 0 Å². The Kier molecular flexibility index (Phi) is 5.33. The molecule has 0 saturated carbocycles. The normalized spacial score (nSPS) is 27.1. The molecule has 18 heavy (non-hydrogen) atoms. The summed E-state index contributed by atoms with van der Waals surface area (Å²) >= 11 is 4.29. The molecule has 2 fully saturated rings. The van der Waals surface area contributed by atoms with Crippen molar-refractivity contribution < 1.29 is 4.79 Å². The van der Waals surface area contributed by atoms with E-state index in [1.807, 2.05) is 4.90 Å². The lowest BCUT2D eigenvalue weighted by Gasteiger charge is -2.32. The summed E-state index contributed by atoms with van der Waals surface area (Å²) in [6, 6.07) is 0. The number of nitrogens with zero attached hydrogens (tertiary/aromatic N) is 3. The molecule has 1 unspecified atom stereocenters. The molecule has 2 rings (SSSR count). The van der Waals surface area contributed by atoms with Crippen LogP contribution in [0.4, 0.5) is 0 Å². The molecular formula is C13H25N3OS. The Morgan fingerprint density at radius 3 is 2.56 bits per heavy atom. The number of rotatable bonds is 5. The summed E-state index contributed by atoms with van der Waals surface area (Å²) in [5.41, 5.74) is 0. The van der Waals surface area contributed by atoms with E-state index < -0.39 is 0 Å². The fourth-order valence-corrected chi connectivity index (χ4v) is 2.99. The molecule has 104 valence electrons. The number of hydrogen-bond acceptors (Lipinski definition) is 4. The van der Waals surface area contributed by atoms with Crippen LogP contribution in [0.5, 0.6) is 0 Å². The Hall–Kier alpha value is -0.260. The first-order valence-corrected chi connectivity index (χ1v) is 7.62. The number of likely N-dealkylation sites (N-methyl/N-ethyl adjacent to an activating group) is 1. The zero-order valence-electron chi connectivity index (χ0n) is 11.3. The summed E-state index contributed by atoms with van der Waals surface area (Å²) < 4.78 is 0. The minimum Gasteiger partial charge on any atom is -0.342 e. The van der Waals surface area contributed by atoms with Gasteiger partial charge in [-0.05, 0) is 31.7 Å². The van der Waals surface area contributed by atoms with Crippen LogP contribution in [0.25, 0.3) is 0 Å². The van der Waals surface area contributed by atoms with E-state index in [-0.39, 0.29) is 0 Å². The molecule has 0 spiro atoms. The fourth-order valence-electron chi connectivity index (χ4n) is 2.75. The molecule has 2 aliphatic rings. The van der Waals surface area contributed by atoms with E-state index in [4.69, 9.17) is 0 Å². The van der Waals surface area contributed by atoms with Crippen LogP contribution < -0.4 is 0 Å². The highest BCUT2D eigenvalue weighted by Crippen LogP contribution is 2.18. The molecule has 0 aromatic carbocycles. The van der Waals surface area contributed by atoms with E-state index in [9.17, 15) is 4.79 Å². The van der Waals surface area contributed by atoms with Crippen LogP contribution in [0.1, 0.15) is 12.8 Å². The average Bonchev–Trinajstić information content (AvgIpc) is 2.73. The Labute approximate surface area is 116 Å². The minimum absolute atomic E-state index is 0.326. The lowest BCUT2D eigenvalue weighted by Crippen LogP contribution is -2.45. The van der Waals surface area contributed by atoms with E-state index >= 15 is 0 Å². The van der Waals surface area contributed by atoms with Gasteiger partial charge in [-0.15, -0.1) is 0 Å². The third kappa shape index (κ3) is 3.87. The van der Waals surface area contributed by atoms with Crippen LogP contribution in [-0.2, 0) is 4.79 Å². The van der Waals surface area contributed by atoms with Gasteiger partial charge in [0.25, 0.3) is 0 Å². The molecule has 0 bridgehead atoms. The van der Waals surface area contributed by atoms with Crippen molar-refractivity contribution in [3.8, 4) is 0 Å². The van der Waals surface area contributed by atoms with Gasteiger partial charge in [0.15, 0.2) is 0 Å². The van der Waals surface area contributed by atoms with Gasteiger partial charge in [0.1, 0.15) is 0 Å². The molecule has 0 radical (unpaired) electrons. The van der Waals surface area contributed by atoms with E-state index in [0.717, 1.165) is 31.8 Å². The predicted molar refractivity (Wildman–Crippen MR) is 77.1 cm³/mol. The largest absolute Gasteiger partial charge is 0.342 e. The summed E-state index contributed by atoms with van der Waals surface area (Å²) in [6.07, 6.45) is 1.81. The van der Waals surface area contributed by atoms with Crippen molar-refractivity contribution in [3.05, 3.63) is 0 Å². The van der Waals surface area contributed by atoms with Gasteiger partial charge in [-0.2, -0.15) is 12.6 Å². The highest BCUT2D eigenvalue weighted by molar-refractivity contribution is 7.80. The summed E-state index contributed by atoms with van der Waals surface area (Å²) in [5, 5.41) is 0. The quantitative estimate of drug-likeness (QED) is 0.734. The number of piperazine rings is 1. The van der Waals surface area contributed by atoms with Crippen molar-refractivity contribution in [1.82, 2.24) is 14.7 Å². The Morgan fingerprint density at radius 2 is 1.94 bits per heavy atom. The smallest absolute Gasteiger partial charge is 0.222 e. The van der Waals surface area contributed by atoms with E-state index in [1.54, 1.807) is 0 Å². The monoisotopic (exact) mass is 271 g/mol. The van der Waals surface area contributed by atoms with Crippen LogP contribution in [0.3, 0.4) is 0 Å². The molecular weight excluding hydrogens is 246 g/mol. The SMILES string of the molecule is CN1CCN(CCCN2CC(CS)CC2=O)CC1. The van der Waals surface area contributed by atoms with Gasteiger partial charge in [0.05, 0.1) is 0 Å². The zero-order valence-corrected chi connectivity index (χ0v) is 12.2. The number of hydrogen-bond donors (Lipinski definition) is 1. The van der Waals surface area contributed by atoms with E-state index in [2.05, 4.69) is 29.5 Å². The third-order valence-electron chi connectivity index (χ3n) is 4.05. The molecule has 2 saturated heterocycles. The number of carbonyl (C=O) groups excluding carboxylic acids is 1. The van der Waals surface area contributed by atoms with Crippen molar-refractivity contribution in [2.45, 2.75) is 12.8 Å². The van der Waals surface area contributed by atoms with Crippen LogP contribution in [0.15, 0.2) is 0 Å². The maximum Gasteiger partial charge on any atom is 0.222 e. The molecule has 4 nitrogen and oxygen atoms in total. The first-order chi connectivity index (χ1) is 8.69. The maximum absolute atomic E-state index is 11.7. The highest BCUT2D eigenvalue weighted by atomic mass is 32.1. The van der Waals surface area contributed by atoms with Gasteiger partial charge in [-0.1, -0.05) is 0 Å². The maximum atomic E-state index is 11.7. The molecule has 1 atom stereocenters. The highest BCUT2D eigenvalue weighted by Gasteiger charge is 2.28. The van der Waals surface area contributed by atoms with Gasteiger partial charge in [-0.3, -0.25) is 4.79 Å². The zero-order chi connectivity index (χ0) is 13.0. The molecule has 2 heterocycles. The average molecular weight is 271 g/mol. The fraction of sp³-hybridized carbons (Fsp3) is 0.923. The molecule has 2 aliphatic heterocycles. The van der Waals surface area contributed by atoms with Crippen molar-refractivity contribution in [2.75, 3.05) is 58.6 Å². The second-order valence-corrected chi connectivity index (χ2v) is 5.96. The second-order valence-electron chi connectivity index (χ2n) is 5.59. The number of thiol groups is 1. The molecule has 5 heteroatoms. The van der Waals surface area contributed by atoms with Crippen LogP contribution in [0.2, 0.25) is 0 Å². The van der Waals surface area contributed by atoms with E-state index in [0.29, 0.717) is 18.2 Å². The Morgan fingerprint density at radius 1 is 1.22 bits per heavy atom. The summed E-state index contributed by atoms with van der Waals surface area (Å²) in [6.45, 7) is 7.66. The topological polar surface area (TPSA) is 26.8 Å². The van der Waals surface area contributed by atoms with Gasteiger partial charge >= 0.3 is 0 Å². The first kappa shape index (κ1) is 14.2. The molecule has 0 N–H and O–H groups in total. The van der Waals surface area contributed by atoms with Gasteiger partial charge in [0, 0.05) is 45.7 Å². The van der Waals surface area contributed by atoms with Crippen LogP contribution in [-0.4, -0.2) is 79.2 Å². The summed E-state index contributed by atoms with van der Waals surface area (Å²) in [7, 11) is 2.18. The number of amides is 1. The first-order valence-electron chi connectivity index (χ1n) is 6.98. The van der Waals surface area contributed by atoms with Crippen molar-refractivity contribution in [2.24, 2.45) is 5.92 Å². The Balaban J connectivity index is 1.62. The molecule has 0 aromatic rings. The molecule has 1 amide bonds. The number of carbonyl (C=O) groups is 1. The summed E-state index contributed by atoms with van der Waals surface area (Å²) in [5.74, 6) is 1.64. The van der Waals surface area contributed by atoms with Gasteiger partial charge in [-0.25, -0.2) is 0 Å². The van der Waals surface area contributed by atoms with Crippen LogP contribution in [0, 0.1) is 5.92 Å². The minimum atomic E-state index is 0.326. The third-order valence-corrected chi connectivity index (χ3v) is 4.57. The summed E-state index contributed by atoms with van der Waals surface area (Å²) in [4.78, 5) is 18.6. The lowest BCUT2D eigenvalue weighted by atomic mass is 10.1. The molecule has 0 aromatic heterocycles. The molecule has 0 aliphatic carbocycles.